The first-order valence-electron chi connectivity index (χ1n) is 5.44. The molecule has 110 valence electrons. The van der Waals surface area contributed by atoms with Gasteiger partial charge in [-0.1, -0.05) is 11.6 Å². The van der Waals surface area contributed by atoms with Gasteiger partial charge in [0.15, 0.2) is 0 Å². The molecule has 1 heterocycles. The summed E-state index contributed by atoms with van der Waals surface area (Å²) < 4.78 is 0.339. The molecule has 1 fully saturated rings. The van der Waals surface area contributed by atoms with Crippen molar-refractivity contribution in [3.05, 3.63) is 32.1 Å². The predicted octanol–water partition coefficient (Wildman–Crippen LogP) is 2.93. The number of rotatable bonds is 3. The molecular formula is C12H7BrClNO5S. The summed E-state index contributed by atoms with van der Waals surface area (Å²) in [4.78, 5) is 34.8. The van der Waals surface area contributed by atoms with E-state index in [1.807, 2.05) is 0 Å². The van der Waals surface area contributed by atoms with E-state index in [4.69, 9.17) is 16.7 Å². The number of aromatic hydroxyl groups is 1. The summed E-state index contributed by atoms with van der Waals surface area (Å²) in [6.07, 6.45) is 1.29. The number of phenolic OH excluding ortho intramolecular Hbond substituents is 1. The molecule has 0 spiro atoms. The summed E-state index contributed by atoms with van der Waals surface area (Å²) in [5.74, 6) is -2.14. The minimum absolute atomic E-state index is 0.0192. The van der Waals surface area contributed by atoms with Crippen molar-refractivity contribution in [3.8, 4) is 5.75 Å². The molecule has 0 bridgehead atoms. The lowest BCUT2D eigenvalue weighted by atomic mass is 10.2. The van der Waals surface area contributed by atoms with E-state index in [0.717, 1.165) is 0 Å². The third kappa shape index (κ3) is 3.39. The van der Waals surface area contributed by atoms with E-state index in [1.165, 1.54) is 18.2 Å². The van der Waals surface area contributed by atoms with Crippen LogP contribution in [0.1, 0.15) is 5.56 Å². The summed E-state index contributed by atoms with van der Waals surface area (Å²) >= 11 is 9.57. The summed E-state index contributed by atoms with van der Waals surface area (Å²) in [5.41, 5.74) is 0.246. The van der Waals surface area contributed by atoms with Crippen molar-refractivity contribution in [2.24, 2.45) is 0 Å². The molecule has 21 heavy (non-hydrogen) atoms. The number of thioether (sulfide) groups is 1. The van der Waals surface area contributed by atoms with E-state index < -0.39 is 23.7 Å². The van der Waals surface area contributed by atoms with Gasteiger partial charge in [0.05, 0.1) is 9.38 Å². The van der Waals surface area contributed by atoms with Crippen molar-refractivity contribution >= 4 is 62.5 Å². The number of nitrogens with zero attached hydrogens (tertiary/aromatic N) is 1. The molecule has 2 rings (SSSR count). The number of carbonyl (C=O) groups is 3. The van der Waals surface area contributed by atoms with Gasteiger partial charge in [-0.05, 0) is 45.9 Å². The first kappa shape index (κ1) is 15.9. The maximum Gasteiger partial charge on any atom is 0.323 e. The highest BCUT2D eigenvalue weighted by molar-refractivity contribution is 9.10. The third-order valence-corrected chi connectivity index (χ3v) is 4.24. The minimum atomic E-state index is -1.29. The summed E-state index contributed by atoms with van der Waals surface area (Å²) in [6.45, 7) is -0.701. The molecular weight excluding hydrogens is 386 g/mol. The van der Waals surface area contributed by atoms with Gasteiger partial charge in [0.2, 0.25) is 0 Å². The molecule has 0 aromatic heterocycles. The van der Waals surface area contributed by atoms with Crippen molar-refractivity contribution in [2.75, 3.05) is 6.54 Å². The fourth-order valence-corrected chi connectivity index (χ4v) is 3.27. The van der Waals surface area contributed by atoms with Crippen molar-refractivity contribution < 1.29 is 24.6 Å². The quantitative estimate of drug-likeness (QED) is 0.768. The van der Waals surface area contributed by atoms with Gasteiger partial charge in [0, 0.05) is 10.6 Å². The van der Waals surface area contributed by atoms with Gasteiger partial charge in [-0.3, -0.25) is 19.3 Å². The Morgan fingerprint density at radius 1 is 1.43 bits per heavy atom. The summed E-state index contributed by atoms with van der Waals surface area (Å²) in [6, 6.07) is 2.90. The molecule has 1 aliphatic rings. The maximum atomic E-state index is 12.0. The van der Waals surface area contributed by atoms with Crippen LogP contribution in [0.3, 0.4) is 0 Å². The van der Waals surface area contributed by atoms with E-state index in [2.05, 4.69) is 15.9 Å². The van der Waals surface area contributed by atoms with Crippen LogP contribution in [0.5, 0.6) is 5.75 Å². The Kier molecular flexibility index (Phi) is 4.60. The van der Waals surface area contributed by atoms with Crippen LogP contribution in [0, 0.1) is 0 Å². The number of hydrogen-bond donors (Lipinski definition) is 2. The minimum Gasteiger partial charge on any atom is -0.506 e. The highest BCUT2D eigenvalue weighted by Crippen LogP contribution is 2.37. The van der Waals surface area contributed by atoms with E-state index in [9.17, 15) is 19.5 Å². The van der Waals surface area contributed by atoms with E-state index in [0.29, 0.717) is 26.2 Å². The van der Waals surface area contributed by atoms with Crippen LogP contribution in [0.4, 0.5) is 4.79 Å². The van der Waals surface area contributed by atoms with Crippen molar-refractivity contribution in [3.63, 3.8) is 0 Å². The lowest BCUT2D eigenvalue weighted by Gasteiger charge is -2.08. The molecule has 0 atom stereocenters. The summed E-state index contributed by atoms with van der Waals surface area (Å²) in [5, 5.41) is 18.2. The Bertz CT molecular complexity index is 690. The highest BCUT2D eigenvalue weighted by atomic mass is 79.9. The van der Waals surface area contributed by atoms with Gasteiger partial charge in [-0.2, -0.15) is 0 Å². The number of carbonyl (C=O) groups excluding carboxylic acids is 2. The molecule has 0 saturated carbocycles. The smallest absolute Gasteiger partial charge is 0.323 e. The Hall–Kier alpha value is -1.51. The molecule has 0 aliphatic carbocycles. The number of phenols is 1. The second-order valence-electron chi connectivity index (χ2n) is 3.99. The largest absolute Gasteiger partial charge is 0.506 e. The van der Waals surface area contributed by atoms with Crippen molar-refractivity contribution in [2.45, 2.75) is 0 Å². The zero-order chi connectivity index (χ0) is 15.7. The zero-order valence-electron chi connectivity index (χ0n) is 10.2. The number of halogens is 2. The number of benzene rings is 1. The van der Waals surface area contributed by atoms with Crippen LogP contribution in [0.2, 0.25) is 5.02 Å². The van der Waals surface area contributed by atoms with Crippen LogP contribution in [-0.2, 0) is 9.59 Å². The van der Waals surface area contributed by atoms with E-state index in [-0.39, 0.29) is 16.2 Å². The van der Waals surface area contributed by atoms with E-state index >= 15 is 0 Å². The van der Waals surface area contributed by atoms with Gasteiger partial charge in [0.25, 0.3) is 11.1 Å². The molecule has 2 amide bonds. The standard InChI is InChI=1S/C12H7BrClNO5S/c13-7-3-6(14)1-5(10(7)18)2-8-11(19)15(4-9(16)17)12(20)21-8/h1-3,18H,4H2,(H,16,17)/b8-2+. The fraction of sp³-hybridized carbons (Fsp3) is 0.0833. The molecule has 1 aliphatic heterocycles. The molecule has 1 aromatic rings. The number of imide groups is 1. The Morgan fingerprint density at radius 2 is 2.10 bits per heavy atom. The number of carboxylic acids is 1. The summed E-state index contributed by atoms with van der Waals surface area (Å²) in [7, 11) is 0. The maximum absolute atomic E-state index is 12.0. The Balaban J connectivity index is 2.37. The zero-order valence-corrected chi connectivity index (χ0v) is 13.3. The molecule has 9 heteroatoms. The second kappa shape index (κ2) is 6.08. The van der Waals surface area contributed by atoms with Crippen molar-refractivity contribution in [1.82, 2.24) is 4.90 Å². The monoisotopic (exact) mass is 391 g/mol. The van der Waals surface area contributed by atoms with Crippen LogP contribution >= 0.6 is 39.3 Å². The molecule has 0 radical (unpaired) electrons. The Labute approximate surface area is 136 Å². The average molecular weight is 393 g/mol. The molecule has 1 aromatic carbocycles. The van der Waals surface area contributed by atoms with Gasteiger partial charge >= 0.3 is 5.97 Å². The van der Waals surface area contributed by atoms with Crippen LogP contribution < -0.4 is 0 Å². The highest BCUT2D eigenvalue weighted by Gasteiger charge is 2.36. The topological polar surface area (TPSA) is 94.9 Å². The number of amides is 2. The van der Waals surface area contributed by atoms with Crippen LogP contribution in [0.15, 0.2) is 21.5 Å². The third-order valence-electron chi connectivity index (χ3n) is 2.51. The predicted molar refractivity (Wildman–Crippen MR) is 81.1 cm³/mol. The first-order chi connectivity index (χ1) is 9.79. The van der Waals surface area contributed by atoms with Gasteiger partial charge < -0.3 is 10.2 Å². The first-order valence-corrected chi connectivity index (χ1v) is 7.43. The molecule has 6 nitrogen and oxygen atoms in total. The number of carboxylic acid groups (broad SMARTS) is 1. The van der Waals surface area contributed by atoms with Crippen LogP contribution in [0.25, 0.3) is 6.08 Å². The number of hydrogen-bond acceptors (Lipinski definition) is 5. The SMILES string of the molecule is O=C(O)CN1C(=O)S/C(=C/c2cc(Cl)cc(Br)c2O)C1=O. The van der Waals surface area contributed by atoms with Gasteiger partial charge in [-0.25, -0.2) is 0 Å². The normalized spacial score (nSPS) is 16.9. The van der Waals surface area contributed by atoms with Crippen LogP contribution in [-0.4, -0.2) is 38.8 Å². The van der Waals surface area contributed by atoms with Crippen molar-refractivity contribution in [1.29, 1.82) is 0 Å². The van der Waals surface area contributed by atoms with Gasteiger partial charge in [-0.15, -0.1) is 0 Å². The van der Waals surface area contributed by atoms with E-state index in [1.54, 1.807) is 0 Å². The average Bonchev–Trinajstić information content (AvgIpc) is 2.63. The molecule has 0 unspecified atom stereocenters. The second-order valence-corrected chi connectivity index (χ2v) is 6.27. The Morgan fingerprint density at radius 3 is 2.71 bits per heavy atom. The molecule has 2 N–H and O–H groups in total. The number of aliphatic carboxylic acids is 1. The lowest BCUT2D eigenvalue weighted by Crippen LogP contribution is -2.33. The lowest BCUT2D eigenvalue weighted by molar-refractivity contribution is -0.140. The van der Waals surface area contributed by atoms with Gasteiger partial charge in [0.1, 0.15) is 12.3 Å². The fourth-order valence-electron chi connectivity index (χ4n) is 1.61. The molecule has 1 saturated heterocycles.